The minimum atomic E-state index is -0.650. The van der Waals surface area contributed by atoms with E-state index >= 15 is 0 Å². The van der Waals surface area contributed by atoms with E-state index in [2.05, 4.69) is 56.0 Å². The molecular formula is C37H38O6. The van der Waals surface area contributed by atoms with Crippen LogP contribution in [0.15, 0.2) is 103 Å². The molecule has 0 radical (unpaired) electrons. The average Bonchev–Trinajstić information content (AvgIpc) is 3.04. The molecule has 4 aromatic rings. The Morgan fingerprint density at radius 2 is 1.33 bits per heavy atom. The highest BCUT2D eigenvalue weighted by Gasteiger charge is 2.15. The Morgan fingerprint density at radius 3 is 1.95 bits per heavy atom. The molecule has 2 N–H and O–H groups in total. The molecule has 0 fully saturated rings. The SMILES string of the molecule is C=C(CO)C(=O)Oc1cccc(-c2ccc(-c3ccc(-c4cccc(OC(=O)C(C)CO)c4)cc3)c(CCCCC)c2)c1. The molecule has 4 rings (SSSR count). The smallest absolute Gasteiger partial charge is 0.341 e. The monoisotopic (exact) mass is 578 g/mol. The van der Waals surface area contributed by atoms with Crippen LogP contribution in [-0.4, -0.2) is 35.4 Å². The summed E-state index contributed by atoms with van der Waals surface area (Å²) in [5, 5.41) is 18.4. The first-order valence-corrected chi connectivity index (χ1v) is 14.6. The van der Waals surface area contributed by atoms with Crippen molar-refractivity contribution in [2.24, 2.45) is 5.92 Å². The van der Waals surface area contributed by atoms with Crippen LogP contribution in [0.25, 0.3) is 33.4 Å². The Hall–Kier alpha value is -4.52. The van der Waals surface area contributed by atoms with E-state index in [4.69, 9.17) is 14.6 Å². The van der Waals surface area contributed by atoms with Gasteiger partial charge in [0.2, 0.25) is 0 Å². The van der Waals surface area contributed by atoms with Crippen molar-refractivity contribution in [3.63, 3.8) is 0 Å². The highest BCUT2D eigenvalue weighted by atomic mass is 16.5. The van der Waals surface area contributed by atoms with Crippen LogP contribution in [0.4, 0.5) is 0 Å². The van der Waals surface area contributed by atoms with Crippen molar-refractivity contribution in [1.29, 1.82) is 0 Å². The fourth-order valence-corrected chi connectivity index (χ4v) is 4.68. The van der Waals surface area contributed by atoms with Crippen LogP contribution < -0.4 is 9.47 Å². The van der Waals surface area contributed by atoms with Gasteiger partial charge in [-0.3, -0.25) is 4.79 Å². The van der Waals surface area contributed by atoms with Gasteiger partial charge in [0.25, 0.3) is 0 Å². The van der Waals surface area contributed by atoms with Crippen LogP contribution >= 0.6 is 0 Å². The summed E-state index contributed by atoms with van der Waals surface area (Å²) in [5.74, 6) is -0.860. The minimum Gasteiger partial charge on any atom is -0.426 e. The Balaban J connectivity index is 1.60. The highest BCUT2D eigenvalue weighted by molar-refractivity contribution is 5.90. The second kappa shape index (κ2) is 15.1. The summed E-state index contributed by atoms with van der Waals surface area (Å²) in [6.45, 7) is 6.64. The van der Waals surface area contributed by atoms with E-state index in [9.17, 15) is 14.7 Å². The number of esters is 2. The van der Waals surface area contributed by atoms with Gasteiger partial charge in [0.1, 0.15) is 11.5 Å². The van der Waals surface area contributed by atoms with Gasteiger partial charge in [0.15, 0.2) is 0 Å². The summed E-state index contributed by atoms with van der Waals surface area (Å²) in [4.78, 5) is 24.2. The first-order valence-electron chi connectivity index (χ1n) is 14.6. The van der Waals surface area contributed by atoms with Crippen LogP contribution in [0.5, 0.6) is 11.5 Å². The molecule has 0 amide bonds. The maximum absolute atomic E-state index is 12.1. The maximum Gasteiger partial charge on any atom is 0.341 e. The summed E-state index contributed by atoms with van der Waals surface area (Å²) in [6, 6.07) is 29.5. The number of aliphatic hydroxyl groups excluding tert-OH is 2. The third kappa shape index (κ3) is 8.28. The van der Waals surface area contributed by atoms with Crippen molar-refractivity contribution in [2.75, 3.05) is 13.2 Å². The van der Waals surface area contributed by atoms with Crippen molar-refractivity contribution in [2.45, 2.75) is 39.5 Å². The molecular weight excluding hydrogens is 540 g/mol. The first-order chi connectivity index (χ1) is 20.8. The quantitative estimate of drug-likeness (QED) is 0.0743. The van der Waals surface area contributed by atoms with E-state index < -0.39 is 24.5 Å². The number of hydrogen-bond donors (Lipinski definition) is 2. The molecule has 4 aromatic carbocycles. The number of carbonyl (C=O) groups is 2. The van der Waals surface area contributed by atoms with E-state index in [1.54, 1.807) is 19.1 Å². The molecule has 1 unspecified atom stereocenters. The molecule has 0 spiro atoms. The van der Waals surface area contributed by atoms with E-state index in [-0.39, 0.29) is 12.2 Å². The number of aryl methyl sites for hydroxylation is 1. The molecule has 0 saturated carbocycles. The van der Waals surface area contributed by atoms with Gasteiger partial charge >= 0.3 is 11.9 Å². The van der Waals surface area contributed by atoms with Gasteiger partial charge in [-0.15, -0.1) is 0 Å². The van der Waals surface area contributed by atoms with Crippen molar-refractivity contribution in [1.82, 2.24) is 0 Å². The predicted molar refractivity (Wildman–Crippen MR) is 170 cm³/mol. The summed E-state index contributed by atoms with van der Waals surface area (Å²) < 4.78 is 10.8. The lowest BCUT2D eigenvalue weighted by atomic mass is 9.91. The van der Waals surface area contributed by atoms with Crippen LogP contribution in [-0.2, 0) is 16.0 Å². The second-order valence-electron chi connectivity index (χ2n) is 10.6. The summed E-state index contributed by atoms with van der Waals surface area (Å²) in [6.07, 6.45) is 4.28. The molecule has 6 nitrogen and oxygen atoms in total. The molecule has 0 aliphatic rings. The van der Waals surface area contributed by atoms with Gasteiger partial charge < -0.3 is 19.7 Å². The average molecular weight is 579 g/mol. The molecule has 222 valence electrons. The van der Waals surface area contributed by atoms with Gasteiger partial charge in [0, 0.05) is 0 Å². The Kier molecular flexibility index (Phi) is 11.0. The number of benzene rings is 4. The Morgan fingerprint density at radius 1 is 0.744 bits per heavy atom. The van der Waals surface area contributed by atoms with Gasteiger partial charge in [0.05, 0.1) is 24.7 Å². The zero-order chi connectivity index (χ0) is 30.8. The van der Waals surface area contributed by atoms with Gasteiger partial charge in [-0.1, -0.05) is 93.1 Å². The second-order valence-corrected chi connectivity index (χ2v) is 10.6. The van der Waals surface area contributed by atoms with Crippen molar-refractivity contribution < 1.29 is 29.3 Å². The largest absolute Gasteiger partial charge is 0.426 e. The van der Waals surface area contributed by atoms with Gasteiger partial charge in [-0.2, -0.15) is 0 Å². The summed E-state index contributed by atoms with van der Waals surface area (Å²) in [5.41, 5.74) is 7.37. The molecule has 0 aliphatic heterocycles. The van der Waals surface area contributed by atoms with E-state index in [1.807, 2.05) is 36.4 Å². The highest BCUT2D eigenvalue weighted by Crippen LogP contribution is 2.33. The normalized spacial score (nSPS) is 11.5. The maximum atomic E-state index is 12.1. The third-order valence-electron chi connectivity index (χ3n) is 7.27. The molecule has 1 atom stereocenters. The number of ether oxygens (including phenoxy) is 2. The zero-order valence-corrected chi connectivity index (χ0v) is 24.7. The fourth-order valence-electron chi connectivity index (χ4n) is 4.68. The lowest BCUT2D eigenvalue weighted by molar-refractivity contribution is -0.139. The van der Waals surface area contributed by atoms with Gasteiger partial charge in [-0.25, -0.2) is 4.79 Å². The number of unbranched alkanes of at least 4 members (excludes halogenated alkanes) is 2. The van der Waals surface area contributed by atoms with Crippen LogP contribution in [0.1, 0.15) is 38.7 Å². The number of aliphatic hydroxyl groups is 2. The Labute approximate surface area is 253 Å². The van der Waals surface area contributed by atoms with E-state index in [1.165, 1.54) is 5.56 Å². The lowest BCUT2D eigenvalue weighted by Gasteiger charge is -2.14. The molecule has 0 saturated heterocycles. The molecule has 43 heavy (non-hydrogen) atoms. The van der Waals surface area contributed by atoms with Crippen LogP contribution in [0.2, 0.25) is 0 Å². The van der Waals surface area contributed by atoms with E-state index in [0.717, 1.165) is 59.1 Å². The summed E-state index contributed by atoms with van der Waals surface area (Å²) in [7, 11) is 0. The molecule has 0 aromatic heterocycles. The summed E-state index contributed by atoms with van der Waals surface area (Å²) >= 11 is 0. The predicted octanol–water partition coefficient (Wildman–Crippen LogP) is 7.41. The first kappa shape index (κ1) is 31.4. The molecule has 6 heteroatoms. The standard InChI is InChI=1S/C37H38O6/c1-4-5-6-9-32-20-31(30-11-8-13-34(22-30)43-37(41)26(3)24-39)18-19-35(32)28-16-14-27(15-17-28)29-10-7-12-33(21-29)42-36(40)25(2)23-38/h7-8,10-22,25,38-39H,3-6,9,23-24H2,1-2H3. The zero-order valence-electron chi connectivity index (χ0n) is 24.7. The van der Waals surface area contributed by atoms with Crippen molar-refractivity contribution >= 4 is 11.9 Å². The number of rotatable bonds is 13. The lowest BCUT2D eigenvalue weighted by Crippen LogP contribution is -2.20. The van der Waals surface area contributed by atoms with Crippen LogP contribution in [0.3, 0.4) is 0 Å². The third-order valence-corrected chi connectivity index (χ3v) is 7.27. The minimum absolute atomic E-state index is 0.00260. The molecule has 0 heterocycles. The van der Waals surface area contributed by atoms with Crippen molar-refractivity contribution in [3.05, 3.63) is 109 Å². The fraction of sp³-hybridized carbons (Fsp3) is 0.243. The van der Waals surface area contributed by atoms with E-state index in [0.29, 0.717) is 11.5 Å². The van der Waals surface area contributed by atoms with Gasteiger partial charge in [-0.05, 0) is 83.0 Å². The Bertz CT molecular complexity index is 1570. The van der Waals surface area contributed by atoms with Crippen molar-refractivity contribution in [3.8, 4) is 44.9 Å². The van der Waals surface area contributed by atoms with Crippen LogP contribution in [0, 0.1) is 5.92 Å². The molecule has 0 aliphatic carbocycles. The number of carbonyl (C=O) groups excluding carboxylic acids is 2. The topological polar surface area (TPSA) is 93.1 Å². The molecule has 0 bridgehead atoms. The number of hydrogen-bond acceptors (Lipinski definition) is 6.